The summed E-state index contributed by atoms with van der Waals surface area (Å²) >= 11 is 0. The summed E-state index contributed by atoms with van der Waals surface area (Å²) in [5.41, 5.74) is 7.49. The molecule has 1 aromatic rings. The van der Waals surface area contributed by atoms with Crippen LogP contribution >= 0.6 is 0 Å². The number of nitrogens with one attached hydrogen (secondary N) is 1. The molecule has 6 heteroatoms. The van der Waals surface area contributed by atoms with Crippen molar-refractivity contribution in [3.63, 3.8) is 0 Å². The lowest BCUT2D eigenvalue weighted by molar-refractivity contribution is -0.130. The number of anilines is 2. The molecule has 2 rings (SSSR count). The molecule has 1 fully saturated rings. The molecule has 1 atom stereocenters. The first-order valence-corrected chi connectivity index (χ1v) is 7.31. The molecule has 1 unspecified atom stereocenters. The Hall–Kier alpha value is -1.72. The van der Waals surface area contributed by atoms with Crippen molar-refractivity contribution >= 4 is 17.4 Å². The zero-order valence-electron chi connectivity index (χ0n) is 12.8. The van der Waals surface area contributed by atoms with Crippen molar-refractivity contribution in [2.24, 2.45) is 0 Å². The predicted molar refractivity (Wildman–Crippen MR) is 80.7 cm³/mol. The first kappa shape index (κ1) is 14.7. The van der Waals surface area contributed by atoms with Crippen LogP contribution in [0.5, 0.6) is 0 Å². The number of amides is 1. The maximum Gasteiger partial charge on any atom is 0.244 e. The molecule has 20 heavy (non-hydrogen) atoms. The zero-order chi connectivity index (χ0) is 14.9. The average Bonchev–Trinajstić information content (AvgIpc) is 3.01. The van der Waals surface area contributed by atoms with Gasteiger partial charge in [-0.05, 0) is 40.5 Å². The maximum absolute atomic E-state index is 12.3. The molecule has 1 aliphatic rings. The number of likely N-dealkylation sites (tertiary alicyclic amines) is 1. The molecule has 0 aliphatic carbocycles. The van der Waals surface area contributed by atoms with Crippen molar-refractivity contribution in [3.05, 3.63) is 5.69 Å². The van der Waals surface area contributed by atoms with Crippen molar-refractivity contribution in [1.29, 1.82) is 0 Å². The predicted octanol–water partition coefficient (Wildman–Crippen LogP) is 1.78. The first-order chi connectivity index (χ1) is 9.41. The van der Waals surface area contributed by atoms with Gasteiger partial charge in [-0.25, -0.2) is 4.68 Å². The van der Waals surface area contributed by atoms with E-state index in [0.717, 1.165) is 37.4 Å². The Labute approximate surface area is 120 Å². The lowest BCUT2D eigenvalue weighted by Gasteiger charge is -2.23. The summed E-state index contributed by atoms with van der Waals surface area (Å²) in [5.74, 6) is 0.883. The number of nitrogens with two attached hydrogens (primary N) is 1. The summed E-state index contributed by atoms with van der Waals surface area (Å²) < 4.78 is 1.85. The third kappa shape index (κ3) is 2.73. The fourth-order valence-electron chi connectivity index (χ4n) is 2.56. The molecule has 0 saturated carbocycles. The third-order valence-electron chi connectivity index (χ3n) is 3.76. The van der Waals surface area contributed by atoms with Gasteiger partial charge in [0, 0.05) is 19.1 Å². The molecular weight excluding hydrogens is 254 g/mol. The molecule has 0 radical (unpaired) electrons. The number of carbonyl (C=O) groups excluding carboxylic acids is 1. The minimum Gasteiger partial charge on any atom is -0.394 e. The second-order valence-electron chi connectivity index (χ2n) is 5.78. The van der Waals surface area contributed by atoms with Crippen LogP contribution in [0, 0.1) is 6.92 Å². The van der Waals surface area contributed by atoms with Gasteiger partial charge >= 0.3 is 0 Å². The minimum absolute atomic E-state index is 0.135. The molecule has 1 amide bonds. The number of carbonyl (C=O) groups is 1. The van der Waals surface area contributed by atoms with Crippen LogP contribution in [0.3, 0.4) is 0 Å². The summed E-state index contributed by atoms with van der Waals surface area (Å²) in [5, 5.41) is 7.67. The lowest BCUT2D eigenvalue weighted by atomic mass is 10.2. The van der Waals surface area contributed by atoms with Crippen LogP contribution < -0.4 is 11.1 Å². The summed E-state index contributed by atoms with van der Waals surface area (Å²) in [4.78, 5) is 14.3. The van der Waals surface area contributed by atoms with Crippen molar-refractivity contribution < 1.29 is 4.79 Å². The van der Waals surface area contributed by atoms with Gasteiger partial charge in [-0.1, -0.05) is 0 Å². The number of aromatic nitrogens is 2. The van der Waals surface area contributed by atoms with Gasteiger partial charge in [-0.2, -0.15) is 5.10 Å². The number of nitrogens with zero attached hydrogens (tertiary/aromatic N) is 3. The fraction of sp³-hybridized carbons (Fsp3) is 0.714. The van der Waals surface area contributed by atoms with Gasteiger partial charge in [-0.3, -0.25) is 4.79 Å². The maximum atomic E-state index is 12.3. The zero-order valence-corrected chi connectivity index (χ0v) is 12.8. The van der Waals surface area contributed by atoms with Gasteiger partial charge in [0.15, 0.2) is 0 Å². The second kappa shape index (κ2) is 5.73. The average molecular weight is 279 g/mol. The SMILES string of the molecule is Cc1nn(C(C)C)c(NC(C)C(=O)N2CCCC2)c1N. The highest BCUT2D eigenvalue weighted by atomic mass is 16.2. The largest absolute Gasteiger partial charge is 0.394 e. The topological polar surface area (TPSA) is 76.2 Å². The molecule has 0 spiro atoms. The molecule has 0 bridgehead atoms. The van der Waals surface area contributed by atoms with Gasteiger partial charge < -0.3 is 16.0 Å². The van der Waals surface area contributed by atoms with E-state index in [1.54, 1.807) is 0 Å². The van der Waals surface area contributed by atoms with E-state index in [4.69, 9.17) is 5.73 Å². The van der Waals surface area contributed by atoms with Gasteiger partial charge in [-0.15, -0.1) is 0 Å². The van der Waals surface area contributed by atoms with Crippen LogP contribution in [0.4, 0.5) is 11.5 Å². The van der Waals surface area contributed by atoms with Crippen molar-refractivity contribution in [2.75, 3.05) is 24.1 Å². The molecule has 3 N–H and O–H groups in total. The molecule has 2 heterocycles. The van der Waals surface area contributed by atoms with E-state index in [2.05, 4.69) is 10.4 Å². The van der Waals surface area contributed by atoms with Crippen LogP contribution in [-0.2, 0) is 4.79 Å². The molecule has 1 aromatic heterocycles. The molecule has 1 aliphatic heterocycles. The highest BCUT2D eigenvalue weighted by molar-refractivity contribution is 5.85. The van der Waals surface area contributed by atoms with E-state index in [9.17, 15) is 4.79 Å². The quantitative estimate of drug-likeness (QED) is 0.881. The van der Waals surface area contributed by atoms with E-state index in [1.165, 1.54) is 0 Å². The first-order valence-electron chi connectivity index (χ1n) is 7.31. The summed E-state index contributed by atoms with van der Waals surface area (Å²) in [6.45, 7) is 9.58. The summed E-state index contributed by atoms with van der Waals surface area (Å²) in [6, 6.07) is -0.0911. The van der Waals surface area contributed by atoms with E-state index in [1.807, 2.05) is 37.3 Å². The Morgan fingerprint density at radius 1 is 1.30 bits per heavy atom. The van der Waals surface area contributed by atoms with E-state index < -0.39 is 0 Å². The van der Waals surface area contributed by atoms with Gasteiger partial charge in [0.05, 0.1) is 11.4 Å². The molecule has 1 saturated heterocycles. The number of hydrogen-bond acceptors (Lipinski definition) is 4. The minimum atomic E-state index is -0.288. The van der Waals surface area contributed by atoms with Crippen molar-refractivity contribution in [1.82, 2.24) is 14.7 Å². The van der Waals surface area contributed by atoms with Crippen LogP contribution in [0.15, 0.2) is 0 Å². The third-order valence-corrected chi connectivity index (χ3v) is 3.76. The highest BCUT2D eigenvalue weighted by Crippen LogP contribution is 2.26. The van der Waals surface area contributed by atoms with Crippen molar-refractivity contribution in [3.8, 4) is 0 Å². The van der Waals surface area contributed by atoms with Crippen LogP contribution in [0.1, 0.15) is 45.3 Å². The number of nitrogen functional groups attached to an aromatic ring is 1. The molecule has 6 nitrogen and oxygen atoms in total. The van der Waals surface area contributed by atoms with Gasteiger partial charge in [0.1, 0.15) is 11.9 Å². The van der Waals surface area contributed by atoms with E-state index in [0.29, 0.717) is 5.69 Å². The monoisotopic (exact) mass is 279 g/mol. The Morgan fingerprint density at radius 3 is 2.45 bits per heavy atom. The van der Waals surface area contributed by atoms with E-state index >= 15 is 0 Å². The van der Waals surface area contributed by atoms with Gasteiger partial charge in [0.25, 0.3) is 0 Å². The van der Waals surface area contributed by atoms with Crippen LogP contribution in [0.2, 0.25) is 0 Å². The van der Waals surface area contributed by atoms with Crippen molar-refractivity contribution in [2.45, 2.75) is 52.6 Å². The molecule has 0 aromatic carbocycles. The Kier molecular flexibility index (Phi) is 4.20. The highest BCUT2D eigenvalue weighted by Gasteiger charge is 2.25. The molecular formula is C14H25N5O. The van der Waals surface area contributed by atoms with Gasteiger partial charge in [0.2, 0.25) is 5.91 Å². The van der Waals surface area contributed by atoms with Crippen LogP contribution in [-0.4, -0.2) is 39.7 Å². The Morgan fingerprint density at radius 2 is 1.90 bits per heavy atom. The Balaban J connectivity index is 2.14. The van der Waals surface area contributed by atoms with Crippen LogP contribution in [0.25, 0.3) is 0 Å². The smallest absolute Gasteiger partial charge is 0.244 e. The normalized spacial score (nSPS) is 16.8. The Bertz CT molecular complexity index is 488. The number of rotatable bonds is 4. The standard InChI is InChI=1S/C14H25N5O/c1-9(2)19-13(12(15)10(3)17-19)16-11(4)14(20)18-7-5-6-8-18/h9,11,16H,5-8,15H2,1-4H3. The second-order valence-corrected chi connectivity index (χ2v) is 5.78. The van der Waals surface area contributed by atoms with E-state index in [-0.39, 0.29) is 18.0 Å². The number of hydrogen-bond donors (Lipinski definition) is 2. The summed E-state index contributed by atoms with van der Waals surface area (Å²) in [6.07, 6.45) is 2.20. The summed E-state index contributed by atoms with van der Waals surface area (Å²) in [7, 11) is 0. The molecule has 112 valence electrons. The lowest BCUT2D eigenvalue weighted by Crippen LogP contribution is -2.40. The number of aryl methyl sites for hydroxylation is 1. The fourth-order valence-corrected chi connectivity index (χ4v) is 2.56.